The summed E-state index contributed by atoms with van der Waals surface area (Å²) in [6.07, 6.45) is 0. The van der Waals surface area contributed by atoms with Crippen molar-refractivity contribution in [3.63, 3.8) is 0 Å². The Morgan fingerprint density at radius 1 is 1.10 bits per heavy atom. The average molecular weight is 390 g/mol. The summed E-state index contributed by atoms with van der Waals surface area (Å²) in [7, 11) is 0.764. The van der Waals surface area contributed by atoms with Gasteiger partial charge in [-0.15, -0.1) is 11.3 Å². The van der Waals surface area contributed by atoms with Gasteiger partial charge in [-0.1, -0.05) is 24.3 Å². The number of rotatable bonds is 6. The molecule has 0 atom stereocenters. The molecule has 0 saturated carbocycles. The van der Waals surface area contributed by atoms with Gasteiger partial charge in [-0.05, 0) is 33.6 Å². The van der Waals surface area contributed by atoms with Gasteiger partial charge >= 0.3 is 0 Å². The van der Waals surface area contributed by atoms with Crippen LogP contribution in [0.15, 0.2) is 44.4 Å². The molecule has 0 aliphatic carbocycles. The van der Waals surface area contributed by atoms with Crippen LogP contribution in [0.5, 0.6) is 0 Å². The van der Waals surface area contributed by atoms with Crippen LogP contribution >= 0.6 is 27.3 Å². The SMILES string of the molecule is C[NH+](C)Cc1ccc(CNS(=O)(=O)c2ccc(Br)s2)cc1. The molecule has 0 fully saturated rings. The minimum absolute atomic E-state index is 0.299. The minimum atomic E-state index is -3.43. The van der Waals surface area contributed by atoms with Crippen LogP contribution in [0, 0.1) is 0 Å². The molecule has 0 unspecified atom stereocenters. The fourth-order valence-corrected chi connectivity index (χ4v) is 4.95. The first-order valence-corrected chi connectivity index (χ1v) is 9.58. The van der Waals surface area contributed by atoms with Gasteiger partial charge in [-0.2, -0.15) is 0 Å². The number of thiophene rings is 1. The molecule has 0 aliphatic rings. The van der Waals surface area contributed by atoms with Crippen LogP contribution in [-0.2, 0) is 23.1 Å². The molecule has 21 heavy (non-hydrogen) atoms. The molecule has 0 spiro atoms. The molecule has 2 rings (SSSR count). The molecule has 0 amide bonds. The van der Waals surface area contributed by atoms with Gasteiger partial charge in [-0.3, -0.25) is 0 Å². The van der Waals surface area contributed by atoms with E-state index in [9.17, 15) is 8.42 Å². The minimum Gasteiger partial charge on any atom is -0.336 e. The lowest BCUT2D eigenvalue weighted by Gasteiger charge is -2.08. The lowest BCUT2D eigenvalue weighted by atomic mass is 10.1. The summed E-state index contributed by atoms with van der Waals surface area (Å²) in [4.78, 5) is 1.35. The highest BCUT2D eigenvalue weighted by atomic mass is 79.9. The third-order valence-corrected chi connectivity index (χ3v) is 6.38. The number of sulfonamides is 1. The van der Waals surface area contributed by atoms with Gasteiger partial charge in [0.25, 0.3) is 0 Å². The smallest absolute Gasteiger partial charge is 0.250 e. The van der Waals surface area contributed by atoms with Gasteiger partial charge in [0.2, 0.25) is 10.0 Å². The normalized spacial score (nSPS) is 12.0. The lowest BCUT2D eigenvalue weighted by molar-refractivity contribution is -0.872. The molecule has 4 nitrogen and oxygen atoms in total. The largest absolute Gasteiger partial charge is 0.336 e. The van der Waals surface area contributed by atoms with Crippen LogP contribution in [0.2, 0.25) is 0 Å². The van der Waals surface area contributed by atoms with Gasteiger partial charge < -0.3 is 4.90 Å². The predicted octanol–water partition coefficient (Wildman–Crippen LogP) is 1.63. The monoisotopic (exact) mass is 389 g/mol. The molecule has 1 aromatic carbocycles. The third kappa shape index (κ3) is 4.89. The highest BCUT2D eigenvalue weighted by Crippen LogP contribution is 2.25. The Kier molecular flexibility index (Phi) is 5.56. The zero-order valence-electron chi connectivity index (χ0n) is 11.9. The van der Waals surface area contributed by atoms with Crippen molar-refractivity contribution in [1.29, 1.82) is 0 Å². The van der Waals surface area contributed by atoms with Crippen LogP contribution in [-0.4, -0.2) is 22.5 Å². The topological polar surface area (TPSA) is 50.6 Å². The van der Waals surface area contributed by atoms with Crippen molar-refractivity contribution in [3.8, 4) is 0 Å². The van der Waals surface area contributed by atoms with Gasteiger partial charge in [0.05, 0.1) is 17.9 Å². The Morgan fingerprint density at radius 2 is 1.71 bits per heavy atom. The summed E-state index contributed by atoms with van der Waals surface area (Å²) >= 11 is 4.47. The van der Waals surface area contributed by atoms with E-state index in [2.05, 4.69) is 34.7 Å². The number of hydrogen-bond donors (Lipinski definition) is 2. The molecule has 1 aromatic heterocycles. The number of nitrogens with one attached hydrogen (secondary N) is 2. The maximum Gasteiger partial charge on any atom is 0.250 e. The maximum absolute atomic E-state index is 12.1. The quantitative estimate of drug-likeness (QED) is 0.788. The first-order valence-electron chi connectivity index (χ1n) is 6.49. The summed E-state index contributed by atoms with van der Waals surface area (Å²) in [6.45, 7) is 1.25. The Balaban J connectivity index is 1.99. The van der Waals surface area contributed by atoms with Gasteiger partial charge in [0.1, 0.15) is 10.8 Å². The number of quaternary nitrogens is 1. The van der Waals surface area contributed by atoms with E-state index in [1.165, 1.54) is 21.8 Å². The van der Waals surface area contributed by atoms with E-state index in [1.54, 1.807) is 12.1 Å². The van der Waals surface area contributed by atoms with Crippen molar-refractivity contribution in [2.24, 2.45) is 0 Å². The first-order chi connectivity index (χ1) is 9.87. The van der Waals surface area contributed by atoms with Crippen molar-refractivity contribution in [2.45, 2.75) is 17.3 Å². The van der Waals surface area contributed by atoms with Crippen LogP contribution in [0.4, 0.5) is 0 Å². The molecule has 7 heteroatoms. The van der Waals surface area contributed by atoms with Gasteiger partial charge in [0.15, 0.2) is 0 Å². The van der Waals surface area contributed by atoms with E-state index in [0.717, 1.165) is 15.9 Å². The second-order valence-electron chi connectivity index (χ2n) is 5.08. The van der Waals surface area contributed by atoms with Crippen molar-refractivity contribution in [2.75, 3.05) is 14.1 Å². The lowest BCUT2D eigenvalue weighted by Crippen LogP contribution is -3.04. The second kappa shape index (κ2) is 7.02. The maximum atomic E-state index is 12.1. The molecule has 114 valence electrons. The van der Waals surface area contributed by atoms with E-state index in [1.807, 2.05) is 24.3 Å². The average Bonchev–Trinajstić information content (AvgIpc) is 2.85. The highest BCUT2D eigenvalue weighted by Gasteiger charge is 2.15. The molecule has 2 aromatic rings. The number of hydrogen-bond acceptors (Lipinski definition) is 3. The van der Waals surface area contributed by atoms with Crippen molar-refractivity contribution >= 4 is 37.3 Å². The summed E-state index contributed by atoms with van der Waals surface area (Å²) in [5, 5.41) is 0. The third-order valence-electron chi connectivity index (χ3n) is 2.86. The van der Waals surface area contributed by atoms with Gasteiger partial charge in [-0.25, -0.2) is 13.1 Å². The Labute approximate surface area is 138 Å². The van der Waals surface area contributed by atoms with Crippen LogP contribution in [0.3, 0.4) is 0 Å². The fraction of sp³-hybridized carbons (Fsp3) is 0.286. The standard InChI is InChI=1S/C14H17BrN2O2S2/c1-17(2)10-12-5-3-11(4-6-12)9-16-21(18,19)14-8-7-13(15)20-14/h3-8,16H,9-10H2,1-2H3/p+1. The molecular weight excluding hydrogens is 372 g/mol. The Bertz CT molecular complexity index is 694. The first kappa shape index (κ1) is 16.6. The van der Waals surface area contributed by atoms with Crippen LogP contribution < -0.4 is 9.62 Å². The molecule has 0 saturated heterocycles. The van der Waals surface area contributed by atoms with Gasteiger partial charge in [0, 0.05) is 12.1 Å². The zero-order chi connectivity index (χ0) is 15.5. The molecule has 2 N–H and O–H groups in total. The van der Waals surface area contributed by atoms with E-state index in [4.69, 9.17) is 0 Å². The molecule has 0 aliphatic heterocycles. The summed E-state index contributed by atoms with van der Waals surface area (Å²) < 4.78 is 28.0. The second-order valence-corrected chi connectivity index (χ2v) is 9.54. The predicted molar refractivity (Wildman–Crippen MR) is 89.0 cm³/mol. The number of halogens is 1. The highest BCUT2D eigenvalue weighted by molar-refractivity contribution is 9.11. The number of benzene rings is 1. The van der Waals surface area contributed by atoms with Crippen LogP contribution in [0.1, 0.15) is 11.1 Å². The van der Waals surface area contributed by atoms with Crippen LogP contribution in [0.25, 0.3) is 0 Å². The summed E-state index contributed by atoms with van der Waals surface area (Å²) in [6, 6.07) is 11.3. The van der Waals surface area contributed by atoms with Crippen molar-refractivity contribution in [3.05, 3.63) is 51.3 Å². The Hall–Kier alpha value is -0.730. The zero-order valence-corrected chi connectivity index (χ0v) is 15.1. The summed E-state index contributed by atoms with van der Waals surface area (Å²) in [5.41, 5.74) is 2.19. The van der Waals surface area contributed by atoms with Crippen molar-refractivity contribution in [1.82, 2.24) is 4.72 Å². The fourth-order valence-electron chi connectivity index (χ4n) is 1.87. The molecule has 0 bridgehead atoms. The van der Waals surface area contributed by atoms with E-state index in [0.29, 0.717) is 10.8 Å². The Morgan fingerprint density at radius 3 is 2.24 bits per heavy atom. The molecule has 1 heterocycles. The van der Waals surface area contributed by atoms with E-state index in [-0.39, 0.29) is 0 Å². The molecule has 0 radical (unpaired) electrons. The van der Waals surface area contributed by atoms with Crippen molar-refractivity contribution < 1.29 is 13.3 Å². The van der Waals surface area contributed by atoms with E-state index >= 15 is 0 Å². The molecular formula is C14H18BrN2O2S2+. The van der Waals surface area contributed by atoms with E-state index < -0.39 is 10.0 Å². The summed E-state index contributed by atoms with van der Waals surface area (Å²) in [5.74, 6) is 0.